The number of amides is 1. The monoisotopic (exact) mass is 315 g/mol. The van der Waals surface area contributed by atoms with Crippen LogP contribution in [0.1, 0.15) is 0 Å². The van der Waals surface area contributed by atoms with Gasteiger partial charge in [0.2, 0.25) is 5.91 Å². The molecular weight excluding hydrogens is 304 g/mol. The van der Waals surface area contributed by atoms with Gasteiger partial charge in [-0.05, 0) is 12.1 Å². The smallest absolute Gasteiger partial charge is 0.269 e. The second-order valence-electron chi connectivity index (χ2n) is 5.92. The van der Waals surface area contributed by atoms with Gasteiger partial charge < -0.3 is 19.5 Å². The number of hydrogen-bond donors (Lipinski definition) is 0. The number of nitro groups is 1. The fourth-order valence-electron chi connectivity index (χ4n) is 3.74. The minimum Gasteiger partial charge on any atom is -0.550 e. The van der Waals surface area contributed by atoms with Gasteiger partial charge in [0.1, 0.15) is 5.60 Å². The number of nitrogens with zero attached hydrogens (tertiary/aromatic N) is 2. The first kappa shape index (κ1) is 13.9. The minimum absolute atomic E-state index is 0.0801. The third-order valence-electron chi connectivity index (χ3n) is 4.74. The molecule has 2 fully saturated rings. The van der Waals surface area contributed by atoms with Gasteiger partial charge in [-0.3, -0.25) is 14.9 Å². The standard InChI is InChI=1S/C15H12N2O6/c18-13-12-11(14(19)20)10-5-6-15(12,23-10)7-16(13)8-1-3-9(4-2-8)17(21)22/h1-6,10-12H,7H2,(H,19,20)/p-1/t10-,11-,12+,15+/m0/s1. The van der Waals surface area contributed by atoms with E-state index < -0.39 is 34.4 Å². The van der Waals surface area contributed by atoms with Crippen LogP contribution in [0.3, 0.4) is 0 Å². The summed E-state index contributed by atoms with van der Waals surface area (Å²) in [6, 6.07) is 5.55. The van der Waals surface area contributed by atoms with Crippen molar-refractivity contribution in [1.29, 1.82) is 0 Å². The molecule has 3 aliphatic heterocycles. The van der Waals surface area contributed by atoms with Gasteiger partial charge in [0.15, 0.2) is 0 Å². The van der Waals surface area contributed by atoms with E-state index in [2.05, 4.69) is 0 Å². The van der Waals surface area contributed by atoms with Crippen molar-refractivity contribution >= 4 is 23.3 Å². The Morgan fingerprint density at radius 3 is 2.65 bits per heavy atom. The zero-order valence-electron chi connectivity index (χ0n) is 11.7. The normalized spacial score (nSPS) is 34.0. The summed E-state index contributed by atoms with van der Waals surface area (Å²) in [5.41, 5.74) is -0.556. The van der Waals surface area contributed by atoms with E-state index in [1.807, 2.05) is 0 Å². The Labute approximate surface area is 130 Å². The second kappa shape index (κ2) is 4.39. The number of rotatable bonds is 3. The summed E-state index contributed by atoms with van der Waals surface area (Å²) >= 11 is 0. The fourth-order valence-corrected chi connectivity index (χ4v) is 3.74. The Morgan fingerprint density at radius 2 is 2.04 bits per heavy atom. The Bertz CT molecular complexity index is 758. The summed E-state index contributed by atoms with van der Waals surface area (Å²) in [7, 11) is 0. The van der Waals surface area contributed by atoms with Crippen LogP contribution in [0, 0.1) is 22.0 Å². The number of carbonyl (C=O) groups excluding carboxylic acids is 2. The number of carboxylic acid groups (broad SMARTS) is 1. The first-order valence-electron chi connectivity index (χ1n) is 7.07. The quantitative estimate of drug-likeness (QED) is 0.427. The molecule has 8 heteroatoms. The molecule has 0 aliphatic carbocycles. The maximum absolute atomic E-state index is 12.7. The fraction of sp³-hybridized carbons (Fsp3) is 0.333. The Kier molecular flexibility index (Phi) is 2.65. The maximum Gasteiger partial charge on any atom is 0.269 e. The highest BCUT2D eigenvalue weighted by molar-refractivity contribution is 6.02. The number of benzene rings is 1. The molecule has 0 aromatic heterocycles. The lowest BCUT2D eigenvalue weighted by Gasteiger charge is -2.24. The van der Waals surface area contributed by atoms with Crippen molar-refractivity contribution in [3.05, 3.63) is 46.5 Å². The zero-order chi connectivity index (χ0) is 16.4. The molecule has 118 valence electrons. The number of carbonyl (C=O) groups is 2. The van der Waals surface area contributed by atoms with Crippen molar-refractivity contribution in [2.45, 2.75) is 11.7 Å². The highest BCUT2D eigenvalue weighted by Crippen LogP contribution is 2.52. The van der Waals surface area contributed by atoms with Crippen molar-refractivity contribution in [2.75, 3.05) is 11.4 Å². The van der Waals surface area contributed by atoms with Crippen molar-refractivity contribution in [1.82, 2.24) is 0 Å². The summed E-state index contributed by atoms with van der Waals surface area (Å²) in [4.78, 5) is 35.7. The number of anilines is 1. The largest absolute Gasteiger partial charge is 0.550 e. The minimum atomic E-state index is -1.30. The van der Waals surface area contributed by atoms with Crippen LogP contribution in [0.25, 0.3) is 0 Å². The lowest BCUT2D eigenvalue weighted by Crippen LogP contribution is -2.45. The Hall–Kier alpha value is -2.74. The van der Waals surface area contributed by atoms with Gasteiger partial charge in [-0.25, -0.2) is 0 Å². The van der Waals surface area contributed by atoms with E-state index in [9.17, 15) is 24.8 Å². The topological polar surface area (TPSA) is 113 Å². The summed E-state index contributed by atoms with van der Waals surface area (Å²) in [5, 5.41) is 22.1. The molecular formula is C15H11N2O6-. The molecule has 2 saturated heterocycles. The van der Waals surface area contributed by atoms with E-state index in [0.717, 1.165) is 0 Å². The predicted octanol–water partition coefficient (Wildman–Crippen LogP) is -0.369. The number of carboxylic acids is 1. The number of non-ortho nitro benzene ring substituents is 1. The van der Waals surface area contributed by atoms with Gasteiger partial charge in [-0.1, -0.05) is 12.2 Å². The maximum atomic E-state index is 12.7. The molecule has 8 nitrogen and oxygen atoms in total. The van der Waals surface area contributed by atoms with Crippen molar-refractivity contribution in [3.8, 4) is 0 Å². The SMILES string of the molecule is O=C([O-])[C@H]1[C@@H]2C=C[C@]3(CN(c4ccc([N+](=O)[O-])cc4)C(=O)[C@@H]13)O2. The number of ether oxygens (including phenoxy) is 1. The van der Waals surface area contributed by atoms with E-state index in [1.165, 1.54) is 29.2 Å². The molecule has 2 bridgehead atoms. The van der Waals surface area contributed by atoms with E-state index >= 15 is 0 Å². The molecule has 0 radical (unpaired) electrons. The van der Waals surface area contributed by atoms with Gasteiger partial charge in [0.25, 0.3) is 5.69 Å². The Morgan fingerprint density at radius 1 is 1.35 bits per heavy atom. The molecule has 0 saturated carbocycles. The van der Waals surface area contributed by atoms with Crippen LogP contribution in [-0.2, 0) is 14.3 Å². The van der Waals surface area contributed by atoms with Crippen LogP contribution >= 0.6 is 0 Å². The molecule has 3 heterocycles. The van der Waals surface area contributed by atoms with E-state index in [4.69, 9.17) is 4.74 Å². The van der Waals surface area contributed by atoms with Crippen LogP contribution in [0.5, 0.6) is 0 Å². The molecule has 4 atom stereocenters. The Balaban J connectivity index is 1.69. The lowest BCUT2D eigenvalue weighted by molar-refractivity contribution is -0.384. The first-order chi connectivity index (χ1) is 10.9. The molecule has 0 N–H and O–H groups in total. The highest BCUT2D eigenvalue weighted by Gasteiger charge is 2.65. The number of fused-ring (bicyclic) bond motifs is 1. The molecule has 0 unspecified atom stereocenters. The predicted molar refractivity (Wildman–Crippen MR) is 74.2 cm³/mol. The molecule has 4 rings (SSSR count). The average molecular weight is 315 g/mol. The number of aliphatic carboxylic acids is 1. The molecule has 23 heavy (non-hydrogen) atoms. The van der Waals surface area contributed by atoms with Crippen LogP contribution in [0.2, 0.25) is 0 Å². The molecule has 3 aliphatic rings. The average Bonchev–Trinajstić information content (AvgIpc) is 3.15. The van der Waals surface area contributed by atoms with E-state index in [1.54, 1.807) is 12.2 Å². The third-order valence-corrected chi connectivity index (χ3v) is 4.74. The van der Waals surface area contributed by atoms with Crippen molar-refractivity contribution in [2.24, 2.45) is 11.8 Å². The highest BCUT2D eigenvalue weighted by atomic mass is 16.6. The van der Waals surface area contributed by atoms with Crippen molar-refractivity contribution in [3.63, 3.8) is 0 Å². The summed E-state index contributed by atoms with van der Waals surface area (Å²) < 4.78 is 5.74. The molecule has 1 aromatic rings. The lowest BCUT2D eigenvalue weighted by atomic mass is 9.77. The van der Waals surface area contributed by atoms with Gasteiger partial charge in [0.05, 0.1) is 23.5 Å². The summed E-state index contributed by atoms with van der Waals surface area (Å²) in [5.74, 6) is -3.49. The second-order valence-corrected chi connectivity index (χ2v) is 5.92. The number of hydrogen-bond acceptors (Lipinski definition) is 6. The summed E-state index contributed by atoms with van der Waals surface area (Å²) in [6.07, 6.45) is 2.77. The first-order valence-corrected chi connectivity index (χ1v) is 7.07. The third kappa shape index (κ3) is 1.75. The van der Waals surface area contributed by atoms with Crippen LogP contribution in [0.4, 0.5) is 11.4 Å². The van der Waals surface area contributed by atoms with Crippen molar-refractivity contribution < 1.29 is 24.4 Å². The molecule has 1 aromatic carbocycles. The van der Waals surface area contributed by atoms with Crippen LogP contribution in [-0.4, -0.2) is 35.0 Å². The van der Waals surface area contributed by atoms with Gasteiger partial charge >= 0.3 is 0 Å². The van der Waals surface area contributed by atoms with Gasteiger partial charge in [-0.2, -0.15) is 0 Å². The molecule has 1 amide bonds. The zero-order valence-corrected chi connectivity index (χ0v) is 11.7. The van der Waals surface area contributed by atoms with Crippen LogP contribution < -0.4 is 10.0 Å². The number of nitro benzene ring substituents is 1. The van der Waals surface area contributed by atoms with Crippen LogP contribution in [0.15, 0.2) is 36.4 Å². The molecule has 1 spiro atoms. The summed E-state index contributed by atoms with van der Waals surface area (Å²) in [6.45, 7) is 0.186. The van der Waals surface area contributed by atoms with E-state index in [-0.39, 0.29) is 18.1 Å². The van der Waals surface area contributed by atoms with E-state index in [0.29, 0.717) is 5.69 Å². The van der Waals surface area contributed by atoms with Gasteiger partial charge in [0, 0.05) is 29.7 Å². The van der Waals surface area contributed by atoms with Gasteiger partial charge in [-0.15, -0.1) is 0 Å².